The predicted octanol–water partition coefficient (Wildman–Crippen LogP) is 4.23. The molecule has 5 saturated carbocycles. The zero-order valence-electron chi connectivity index (χ0n) is 21.2. The van der Waals surface area contributed by atoms with E-state index in [4.69, 9.17) is 17.3 Å². The number of carbonyl (C=O) groups is 2. The maximum atomic E-state index is 14.3. The average molecular weight is 578 g/mol. The van der Waals surface area contributed by atoms with Gasteiger partial charge in [-0.25, -0.2) is 17.2 Å². The Morgan fingerprint density at radius 1 is 1.03 bits per heavy atom. The van der Waals surface area contributed by atoms with Gasteiger partial charge < -0.3 is 11.1 Å². The molecule has 0 radical (unpaired) electrons. The van der Waals surface area contributed by atoms with Crippen LogP contribution in [-0.2, 0) is 19.6 Å². The Balaban J connectivity index is 1.19. The van der Waals surface area contributed by atoms with Crippen molar-refractivity contribution in [1.29, 1.82) is 0 Å². The molecule has 2 aromatic rings. The van der Waals surface area contributed by atoms with Gasteiger partial charge in [-0.2, -0.15) is 4.31 Å². The van der Waals surface area contributed by atoms with Gasteiger partial charge in [-0.1, -0.05) is 17.7 Å². The van der Waals surface area contributed by atoms with Crippen molar-refractivity contribution in [2.24, 2.45) is 28.9 Å². The molecule has 7 nitrogen and oxygen atoms in total. The van der Waals surface area contributed by atoms with Gasteiger partial charge in [-0.15, -0.1) is 0 Å². The van der Waals surface area contributed by atoms with Crippen LogP contribution in [0.15, 0.2) is 41.3 Å². The summed E-state index contributed by atoms with van der Waals surface area (Å²) in [7, 11) is -4.08. The predicted molar refractivity (Wildman–Crippen MR) is 141 cm³/mol. The number of nitrogens with two attached hydrogens (primary N) is 1. The van der Waals surface area contributed by atoms with E-state index in [1.54, 1.807) is 0 Å². The highest BCUT2D eigenvalue weighted by atomic mass is 35.5. The van der Waals surface area contributed by atoms with E-state index in [9.17, 15) is 26.8 Å². The third-order valence-corrected chi connectivity index (χ3v) is 11.4. The van der Waals surface area contributed by atoms with E-state index in [1.165, 1.54) is 28.6 Å². The van der Waals surface area contributed by atoms with Gasteiger partial charge in [0.25, 0.3) is 0 Å². The number of halogens is 3. The molecule has 2 aromatic carbocycles. The topological polar surface area (TPSA) is 110 Å². The Bertz CT molecular complexity index is 1450. The summed E-state index contributed by atoms with van der Waals surface area (Å²) in [4.78, 5) is 25.4. The molecule has 3 N–H and O–H groups in total. The number of primary amides is 1. The Hall–Kier alpha value is -2.56. The van der Waals surface area contributed by atoms with Crippen molar-refractivity contribution in [3.8, 4) is 11.1 Å². The van der Waals surface area contributed by atoms with Crippen LogP contribution in [-0.4, -0.2) is 43.2 Å². The lowest BCUT2D eigenvalue weighted by atomic mass is 9.47. The molecule has 5 fully saturated rings. The molecule has 7 rings (SSSR count). The molecule has 2 atom stereocenters. The second-order valence-electron chi connectivity index (χ2n) is 11.8. The number of benzene rings is 2. The smallest absolute Gasteiger partial charge is 0.243 e. The molecule has 2 amide bonds. The third kappa shape index (κ3) is 4.74. The molecular weight excluding hydrogens is 548 g/mol. The number of rotatable bonds is 8. The Morgan fingerprint density at radius 2 is 1.69 bits per heavy atom. The molecule has 4 bridgehead atoms. The lowest BCUT2D eigenvalue weighted by Gasteiger charge is -2.58. The summed E-state index contributed by atoms with van der Waals surface area (Å²) >= 11 is 6.36. The lowest BCUT2D eigenvalue weighted by molar-refractivity contribution is -0.147. The summed E-state index contributed by atoms with van der Waals surface area (Å²) in [6.45, 7) is -0.320. The molecular formula is C28H30ClF2N3O4S. The second kappa shape index (κ2) is 9.52. The number of hydrogen-bond acceptors (Lipinski definition) is 4. The van der Waals surface area contributed by atoms with E-state index in [0.29, 0.717) is 31.6 Å². The Kier molecular flexibility index (Phi) is 6.51. The molecule has 0 aliphatic heterocycles. The maximum Gasteiger partial charge on any atom is 0.243 e. The first-order valence-electron chi connectivity index (χ1n) is 13.3. The monoisotopic (exact) mass is 577 g/mol. The number of amides is 2. The first-order chi connectivity index (χ1) is 18.5. The van der Waals surface area contributed by atoms with Crippen molar-refractivity contribution < 1.29 is 26.8 Å². The SMILES string of the molecule is NC(=O)C12CC3CC(C1)C(NC(=O)CN(C1CC1)S(=O)(=O)c1ccc(-c4ccc(F)cc4F)c(Cl)c1)C(C3)C2. The zero-order chi connectivity index (χ0) is 27.7. The van der Waals surface area contributed by atoms with Crippen LogP contribution in [0.25, 0.3) is 11.1 Å². The van der Waals surface area contributed by atoms with Gasteiger partial charge in [0.05, 0.1) is 11.4 Å². The molecule has 0 heterocycles. The summed E-state index contributed by atoms with van der Waals surface area (Å²) in [6.07, 6.45) is 5.36. The number of nitrogens with one attached hydrogen (secondary N) is 1. The van der Waals surface area contributed by atoms with Gasteiger partial charge in [-0.05, 0) is 87.0 Å². The van der Waals surface area contributed by atoms with Crippen LogP contribution in [0.3, 0.4) is 0 Å². The number of carbonyl (C=O) groups excluding carboxylic acids is 2. The average Bonchev–Trinajstić information content (AvgIpc) is 3.70. The van der Waals surface area contributed by atoms with Gasteiger partial charge >= 0.3 is 0 Å². The van der Waals surface area contributed by atoms with Crippen LogP contribution in [0, 0.1) is 34.8 Å². The highest BCUT2D eigenvalue weighted by Crippen LogP contribution is 2.59. The number of nitrogens with zero attached hydrogens (tertiary/aromatic N) is 1. The highest BCUT2D eigenvalue weighted by Gasteiger charge is 2.58. The van der Waals surface area contributed by atoms with Crippen molar-refractivity contribution in [2.75, 3.05) is 6.54 Å². The van der Waals surface area contributed by atoms with Crippen LogP contribution < -0.4 is 11.1 Å². The van der Waals surface area contributed by atoms with Gasteiger partial charge in [0.1, 0.15) is 11.6 Å². The van der Waals surface area contributed by atoms with Crippen molar-refractivity contribution in [3.63, 3.8) is 0 Å². The van der Waals surface area contributed by atoms with Crippen LogP contribution in [0.1, 0.15) is 44.9 Å². The van der Waals surface area contributed by atoms with Crippen LogP contribution >= 0.6 is 11.6 Å². The quantitative estimate of drug-likeness (QED) is 0.489. The largest absolute Gasteiger partial charge is 0.369 e. The van der Waals surface area contributed by atoms with Crippen molar-refractivity contribution >= 4 is 33.4 Å². The van der Waals surface area contributed by atoms with Gasteiger partial charge in [0.2, 0.25) is 21.8 Å². The fourth-order valence-electron chi connectivity index (χ4n) is 7.43. The Morgan fingerprint density at radius 3 is 2.28 bits per heavy atom. The fraction of sp³-hybridized carbons (Fsp3) is 0.500. The third-order valence-electron chi connectivity index (χ3n) is 9.15. The molecule has 208 valence electrons. The van der Waals surface area contributed by atoms with Crippen LogP contribution in [0.5, 0.6) is 0 Å². The van der Waals surface area contributed by atoms with Crippen molar-refractivity contribution in [1.82, 2.24) is 9.62 Å². The molecule has 2 unspecified atom stereocenters. The van der Waals surface area contributed by atoms with E-state index >= 15 is 0 Å². The van der Waals surface area contributed by atoms with E-state index in [0.717, 1.165) is 31.4 Å². The van der Waals surface area contributed by atoms with E-state index < -0.39 is 27.1 Å². The summed E-state index contributed by atoms with van der Waals surface area (Å²) in [5.74, 6) is -1.38. The van der Waals surface area contributed by atoms with E-state index in [2.05, 4.69) is 5.32 Å². The summed E-state index contributed by atoms with van der Waals surface area (Å²) in [5.41, 5.74) is 5.59. The minimum absolute atomic E-state index is 0.00115. The van der Waals surface area contributed by atoms with Crippen molar-refractivity contribution in [2.45, 2.75) is 61.9 Å². The van der Waals surface area contributed by atoms with E-state index in [1.807, 2.05) is 0 Å². The normalized spacial score (nSPS) is 29.5. The minimum atomic E-state index is -4.08. The van der Waals surface area contributed by atoms with Crippen LogP contribution in [0.2, 0.25) is 5.02 Å². The summed E-state index contributed by atoms with van der Waals surface area (Å²) < 4.78 is 56.1. The first-order valence-corrected chi connectivity index (χ1v) is 15.1. The molecule has 39 heavy (non-hydrogen) atoms. The highest BCUT2D eigenvalue weighted by molar-refractivity contribution is 7.89. The number of sulfonamides is 1. The summed E-state index contributed by atoms with van der Waals surface area (Å²) in [6, 6.07) is 6.66. The van der Waals surface area contributed by atoms with Gasteiger partial charge in [0.15, 0.2) is 0 Å². The molecule has 5 aliphatic rings. The minimum Gasteiger partial charge on any atom is -0.369 e. The van der Waals surface area contributed by atoms with E-state index in [-0.39, 0.29) is 63.3 Å². The lowest BCUT2D eigenvalue weighted by Crippen LogP contribution is -2.62. The maximum absolute atomic E-state index is 14.3. The van der Waals surface area contributed by atoms with Crippen LogP contribution in [0.4, 0.5) is 8.78 Å². The zero-order valence-corrected chi connectivity index (χ0v) is 22.8. The fourth-order valence-corrected chi connectivity index (χ4v) is 9.44. The molecule has 0 aromatic heterocycles. The first kappa shape index (κ1) is 26.7. The summed E-state index contributed by atoms with van der Waals surface area (Å²) in [5, 5.41) is 3.11. The molecule has 0 saturated heterocycles. The van der Waals surface area contributed by atoms with Gasteiger partial charge in [-0.3, -0.25) is 9.59 Å². The molecule has 5 aliphatic carbocycles. The van der Waals surface area contributed by atoms with Crippen molar-refractivity contribution in [3.05, 3.63) is 53.1 Å². The molecule has 0 spiro atoms. The number of hydrogen-bond donors (Lipinski definition) is 2. The second-order valence-corrected chi connectivity index (χ2v) is 14.1. The Labute approximate surface area is 231 Å². The standard InChI is InChI=1S/C28H30ClF2N3O4S/c29-23-10-20(4-6-21(23)22-5-1-18(30)9-24(22)31)39(37,38)34(19-2-3-19)14-25(35)33-26-16-7-15-8-17(26)13-28(11-15,12-16)27(32)36/h1,4-6,9-10,15-17,19,26H,2-3,7-8,11-14H2,(H2,32,36)(H,33,35). The molecule has 11 heteroatoms. The van der Waals surface area contributed by atoms with Gasteiger partial charge in [0, 0.05) is 39.7 Å².